The van der Waals surface area contributed by atoms with Crippen molar-refractivity contribution in [3.63, 3.8) is 0 Å². The first kappa shape index (κ1) is 19.8. The van der Waals surface area contributed by atoms with Crippen LogP contribution in [0.5, 0.6) is 0 Å². The van der Waals surface area contributed by atoms with Crippen molar-refractivity contribution in [1.82, 2.24) is 15.3 Å². The monoisotopic (exact) mass is 376 g/mol. The summed E-state index contributed by atoms with van der Waals surface area (Å²) in [6.45, 7) is 1.99. The molecular weight excluding hydrogens is 356 g/mol. The van der Waals surface area contributed by atoms with Crippen molar-refractivity contribution in [3.8, 4) is 0 Å². The summed E-state index contributed by atoms with van der Waals surface area (Å²) in [4.78, 5) is 48.2. The Kier molecular flexibility index (Phi) is 5.17. The number of nitrogen functional groups attached to an aromatic ring is 1. The molecule has 1 fully saturated rings. The molecule has 7 N–H and O–H groups in total. The van der Waals surface area contributed by atoms with Crippen LogP contribution in [-0.4, -0.2) is 57.4 Å². The Morgan fingerprint density at radius 2 is 1.89 bits per heavy atom. The SMILES string of the molecule is CC(=O)N(CC(N)C(=O)O)N1C(=O)NC(C)(c2ccc(C(=N)N)cc2)C1=O. The van der Waals surface area contributed by atoms with E-state index in [4.69, 9.17) is 22.0 Å². The summed E-state index contributed by atoms with van der Waals surface area (Å²) < 4.78 is 0. The number of amidine groups is 1. The van der Waals surface area contributed by atoms with Crippen molar-refractivity contribution in [2.75, 3.05) is 6.54 Å². The number of hydrazine groups is 1. The van der Waals surface area contributed by atoms with Gasteiger partial charge in [-0.1, -0.05) is 24.3 Å². The van der Waals surface area contributed by atoms with Gasteiger partial charge >= 0.3 is 12.0 Å². The van der Waals surface area contributed by atoms with Crippen molar-refractivity contribution < 1.29 is 24.3 Å². The van der Waals surface area contributed by atoms with Crippen LogP contribution in [0, 0.1) is 5.41 Å². The van der Waals surface area contributed by atoms with E-state index in [2.05, 4.69) is 5.32 Å². The number of benzene rings is 1. The van der Waals surface area contributed by atoms with Crippen molar-refractivity contribution in [2.24, 2.45) is 11.5 Å². The van der Waals surface area contributed by atoms with E-state index in [-0.39, 0.29) is 5.84 Å². The Morgan fingerprint density at radius 3 is 2.33 bits per heavy atom. The second kappa shape index (κ2) is 7.03. The van der Waals surface area contributed by atoms with Crippen LogP contribution in [-0.2, 0) is 19.9 Å². The molecule has 144 valence electrons. The third kappa shape index (κ3) is 3.58. The Balaban J connectivity index is 2.37. The number of nitrogens with one attached hydrogen (secondary N) is 2. The highest BCUT2D eigenvalue weighted by Crippen LogP contribution is 2.30. The zero-order valence-electron chi connectivity index (χ0n) is 14.7. The van der Waals surface area contributed by atoms with Crippen LogP contribution in [0.4, 0.5) is 4.79 Å². The van der Waals surface area contributed by atoms with E-state index in [9.17, 15) is 19.2 Å². The van der Waals surface area contributed by atoms with Gasteiger partial charge in [-0.2, -0.15) is 5.01 Å². The van der Waals surface area contributed by atoms with E-state index >= 15 is 0 Å². The quantitative estimate of drug-likeness (QED) is 0.237. The number of hydrogen-bond donors (Lipinski definition) is 5. The van der Waals surface area contributed by atoms with Crippen LogP contribution in [0.3, 0.4) is 0 Å². The van der Waals surface area contributed by atoms with E-state index in [1.54, 1.807) is 0 Å². The van der Waals surface area contributed by atoms with Gasteiger partial charge in [0.2, 0.25) is 5.91 Å². The highest BCUT2D eigenvalue weighted by molar-refractivity contribution is 6.08. The number of nitrogens with two attached hydrogens (primary N) is 2. The van der Waals surface area contributed by atoms with Crippen LogP contribution < -0.4 is 16.8 Å². The molecule has 0 aliphatic carbocycles. The molecule has 1 heterocycles. The van der Waals surface area contributed by atoms with E-state index in [1.165, 1.54) is 31.2 Å². The average Bonchev–Trinajstić information content (AvgIpc) is 2.82. The summed E-state index contributed by atoms with van der Waals surface area (Å²) in [6.07, 6.45) is 0. The van der Waals surface area contributed by atoms with Gasteiger partial charge in [-0.05, 0) is 12.5 Å². The molecule has 1 saturated heterocycles. The van der Waals surface area contributed by atoms with Crippen LogP contribution in [0.2, 0.25) is 0 Å². The van der Waals surface area contributed by atoms with Crippen molar-refractivity contribution in [2.45, 2.75) is 25.4 Å². The second-order valence-electron chi connectivity index (χ2n) is 6.21. The van der Waals surface area contributed by atoms with Gasteiger partial charge in [-0.25, -0.2) is 9.80 Å². The predicted molar refractivity (Wildman–Crippen MR) is 93.2 cm³/mol. The standard InChI is InChI=1S/C16H20N6O5/c1-8(23)21(7-11(17)13(24)25)22-14(26)16(2,20-15(22)27)10-5-3-9(4-6-10)12(18)19/h3-6,11H,7,17H2,1-2H3,(H3,18,19)(H,20,27)(H,24,25). The zero-order chi connectivity index (χ0) is 20.5. The first-order chi connectivity index (χ1) is 12.5. The lowest BCUT2D eigenvalue weighted by molar-refractivity contribution is -0.157. The summed E-state index contributed by atoms with van der Waals surface area (Å²) in [7, 11) is 0. The highest BCUT2D eigenvalue weighted by Gasteiger charge is 2.52. The molecule has 11 nitrogen and oxygen atoms in total. The number of amides is 4. The fraction of sp³-hybridized carbons (Fsp3) is 0.312. The number of nitrogens with zero attached hydrogens (tertiary/aromatic N) is 2. The number of carbonyl (C=O) groups is 4. The minimum absolute atomic E-state index is 0.152. The largest absolute Gasteiger partial charge is 0.480 e. The van der Waals surface area contributed by atoms with Crippen molar-refractivity contribution in [3.05, 3.63) is 35.4 Å². The smallest absolute Gasteiger partial charge is 0.344 e. The van der Waals surface area contributed by atoms with Gasteiger partial charge in [0, 0.05) is 12.5 Å². The van der Waals surface area contributed by atoms with Gasteiger partial charge in [0.25, 0.3) is 5.91 Å². The van der Waals surface area contributed by atoms with Gasteiger partial charge < -0.3 is 21.9 Å². The number of imide groups is 1. The van der Waals surface area contributed by atoms with Gasteiger partial charge in [0.1, 0.15) is 17.4 Å². The van der Waals surface area contributed by atoms with Crippen molar-refractivity contribution in [1.29, 1.82) is 5.41 Å². The molecule has 0 spiro atoms. The number of carboxylic acids is 1. The molecule has 0 radical (unpaired) electrons. The number of carbonyl (C=O) groups excluding carboxylic acids is 3. The van der Waals surface area contributed by atoms with Crippen LogP contribution in [0.25, 0.3) is 0 Å². The first-order valence-electron chi connectivity index (χ1n) is 7.87. The Hall–Kier alpha value is -3.47. The summed E-state index contributed by atoms with van der Waals surface area (Å²) in [5.74, 6) is -3.02. The maximum atomic E-state index is 12.9. The molecule has 2 unspecified atom stereocenters. The lowest BCUT2D eigenvalue weighted by Gasteiger charge is -2.30. The van der Waals surface area contributed by atoms with Gasteiger partial charge in [-0.3, -0.25) is 19.8 Å². The fourth-order valence-electron chi connectivity index (χ4n) is 2.64. The lowest BCUT2D eigenvalue weighted by Crippen LogP contribution is -2.55. The molecule has 27 heavy (non-hydrogen) atoms. The van der Waals surface area contributed by atoms with Gasteiger partial charge in [0.15, 0.2) is 0 Å². The molecule has 1 aromatic rings. The molecule has 0 saturated carbocycles. The first-order valence-corrected chi connectivity index (χ1v) is 7.87. The van der Waals surface area contributed by atoms with E-state index in [1.807, 2.05) is 0 Å². The maximum Gasteiger partial charge on any atom is 0.344 e. The molecule has 2 rings (SSSR count). The predicted octanol–water partition coefficient (Wildman–Crippen LogP) is -1.09. The maximum absolute atomic E-state index is 12.9. The molecule has 0 bridgehead atoms. The Labute approximate surface area is 154 Å². The van der Waals surface area contributed by atoms with Gasteiger partial charge in [-0.15, -0.1) is 0 Å². The summed E-state index contributed by atoms with van der Waals surface area (Å²) in [5.41, 5.74) is 10.2. The number of aliphatic carboxylic acids is 1. The molecule has 11 heteroatoms. The number of urea groups is 1. The molecule has 1 aliphatic heterocycles. The number of carboxylic acid groups (broad SMARTS) is 1. The van der Waals surface area contributed by atoms with E-state index in [0.717, 1.165) is 6.92 Å². The minimum atomic E-state index is -1.49. The minimum Gasteiger partial charge on any atom is -0.480 e. The fourth-order valence-corrected chi connectivity index (χ4v) is 2.64. The van der Waals surface area contributed by atoms with Crippen LogP contribution >= 0.6 is 0 Å². The topological polar surface area (TPSA) is 183 Å². The van der Waals surface area contributed by atoms with E-state index < -0.39 is 41.9 Å². The number of rotatable bonds is 6. The third-order valence-corrected chi connectivity index (χ3v) is 4.23. The average molecular weight is 376 g/mol. The number of hydrogen-bond acceptors (Lipinski definition) is 6. The highest BCUT2D eigenvalue weighted by atomic mass is 16.4. The van der Waals surface area contributed by atoms with E-state index in [0.29, 0.717) is 21.1 Å². The molecule has 1 aromatic carbocycles. The molecular formula is C16H20N6O5. The Morgan fingerprint density at radius 1 is 1.33 bits per heavy atom. The third-order valence-electron chi connectivity index (χ3n) is 4.23. The molecule has 2 atom stereocenters. The molecule has 0 aromatic heterocycles. The lowest BCUT2D eigenvalue weighted by atomic mass is 9.91. The summed E-state index contributed by atoms with van der Waals surface area (Å²) in [6, 6.07) is 3.74. The molecule has 1 aliphatic rings. The summed E-state index contributed by atoms with van der Waals surface area (Å²) in [5, 5.41) is 20.1. The second-order valence-corrected chi connectivity index (χ2v) is 6.21. The zero-order valence-corrected chi connectivity index (χ0v) is 14.7. The summed E-state index contributed by atoms with van der Waals surface area (Å²) >= 11 is 0. The van der Waals surface area contributed by atoms with Gasteiger partial charge in [0.05, 0.1) is 6.54 Å². The van der Waals surface area contributed by atoms with Crippen molar-refractivity contribution >= 4 is 29.7 Å². The van der Waals surface area contributed by atoms with Crippen LogP contribution in [0.1, 0.15) is 25.0 Å². The molecule has 4 amide bonds. The normalized spacial score (nSPS) is 20.2. The Bertz CT molecular complexity index is 823. The van der Waals surface area contributed by atoms with Crippen LogP contribution in [0.15, 0.2) is 24.3 Å².